The van der Waals surface area contributed by atoms with E-state index in [1.54, 1.807) is 0 Å². The standard InChI is InChI=1S/C8H12F3NO3/c1-6-4-2-3-5-12(6,14)15-7(13)8(9,10)11/h6H,2-5H2,1H3. The molecule has 2 unspecified atom stereocenters. The molecule has 1 aliphatic heterocycles. The van der Waals surface area contributed by atoms with Gasteiger partial charge in [0.2, 0.25) is 0 Å². The summed E-state index contributed by atoms with van der Waals surface area (Å²) < 4.78 is 35.6. The van der Waals surface area contributed by atoms with Gasteiger partial charge in [0.1, 0.15) is 12.6 Å². The van der Waals surface area contributed by atoms with Crippen molar-refractivity contribution >= 4 is 5.97 Å². The summed E-state index contributed by atoms with van der Waals surface area (Å²) in [5, 5.41) is 11.7. The van der Waals surface area contributed by atoms with E-state index in [1.807, 2.05) is 0 Å². The summed E-state index contributed by atoms with van der Waals surface area (Å²) in [6.45, 7) is 1.37. The highest BCUT2D eigenvalue weighted by Crippen LogP contribution is 2.28. The van der Waals surface area contributed by atoms with Crippen LogP contribution in [0.4, 0.5) is 13.2 Å². The number of alkyl halides is 3. The second-order valence-electron chi connectivity index (χ2n) is 3.67. The van der Waals surface area contributed by atoms with Gasteiger partial charge in [-0.25, -0.2) is 4.79 Å². The molecule has 0 aliphatic carbocycles. The molecule has 1 fully saturated rings. The Balaban J connectivity index is 2.66. The van der Waals surface area contributed by atoms with Gasteiger partial charge < -0.3 is 5.21 Å². The molecule has 1 aliphatic rings. The van der Waals surface area contributed by atoms with Crippen molar-refractivity contribution in [1.29, 1.82) is 0 Å². The Labute approximate surface area is 84.7 Å². The molecule has 0 spiro atoms. The summed E-state index contributed by atoms with van der Waals surface area (Å²) in [5.74, 6) is -2.41. The molecule has 1 saturated heterocycles. The number of hydrogen-bond acceptors (Lipinski definition) is 3. The Hall–Kier alpha value is -0.820. The van der Waals surface area contributed by atoms with Gasteiger partial charge in [-0.1, -0.05) is 0 Å². The number of halogens is 3. The topological polar surface area (TPSA) is 49.4 Å². The molecule has 0 saturated carbocycles. The van der Waals surface area contributed by atoms with Crippen LogP contribution in [0.2, 0.25) is 0 Å². The average molecular weight is 227 g/mol. The SMILES string of the molecule is CC1CCCC[N+]1([O-])OC(=O)C(F)(F)F. The van der Waals surface area contributed by atoms with Gasteiger partial charge in [-0.05, 0) is 13.3 Å². The Bertz CT molecular complexity index is 256. The predicted molar refractivity (Wildman–Crippen MR) is 44.0 cm³/mol. The van der Waals surface area contributed by atoms with Crippen LogP contribution in [0.5, 0.6) is 0 Å². The van der Waals surface area contributed by atoms with E-state index in [9.17, 15) is 23.2 Å². The van der Waals surface area contributed by atoms with E-state index >= 15 is 0 Å². The van der Waals surface area contributed by atoms with Gasteiger partial charge in [0, 0.05) is 12.8 Å². The second kappa shape index (κ2) is 3.97. The van der Waals surface area contributed by atoms with Crippen LogP contribution >= 0.6 is 0 Å². The third kappa shape index (κ3) is 2.82. The van der Waals surface area contributed by atoms with Gasteiger partial charge in [-0.2, -0.15) is 18.0 Å². The Kier molecular flexibility index (Phi) is 3.25. The van der Waals surface area contributed by atoms with Crippen LogP contribution in [0, 0.1) is 5.21 Å². The van der Waals surface area contributed by atoms with Crippen LogP contribution in [0.15, 0.2) is 0 Å². The lowest BCUT2D eigenvalue weighted by molar-refractivity contribution is -1.07. The molecule has 0 bridgehead atoms. The summed E-state index contributed by atoms with van der Waals surface area (Å²) in [7, 11) is 0. The summed E-state index contributed by atoms with van der Waals surface area (Å²) in [4.78, 5) is 13.0. The van der Waals surface area contributed by atoms with E-state index in [4.69, 9.17) is 0 Å². The van der Waals surface area contributed by atoms with Crippen molar-refractivity contribution in [3.8, 4) is 0 Å². The lowest BCUT2D eigenvalue weighted by Crippen LogP contribution is -2.54. The maximum atomic E-state index is 11.9. The van der Waals surface area contributed by atoms with Crippen molar-refractivity contribution < 1.29 is 27.6 Å². The smallest absolute Gasteiger partial charge is 0.497 e. The first kappa shape index (κ1) is 12.3. The summed E-state index contributed by atoms with van der Waals surface area (Å²) in [6, 6.07) is -0.634. The quantitative estimate of drug-likeness (QED) is 0.507. The molecule has 4 nitrogen and oxygen atoms in total. The highest BCUT2D eigenvalue weighted by atomic mass is 19.4. The van der Waals surface area contributed by atoms with E-state index in [0.717, 1.165) is 6.42 Å². The van der Waals surface area contributed by atoms with Crippen LogP contribution in [0.25, 0.3) is 0 Å². The first-order chi connectivity index (χ1) is 6.76. The normalized spacial score (nSPS) is 32.5. The van der Waals surface area contributed by atoms with Crippen molar-refractivity contribution in [3.63, 3.8) is 0 Å². The number of carbonyl (C=O) groups is 1. The van der Waals surface area contributed by atoms with E-state index in [-0.39, 0.29) is 6.54 Å². The van der Waals surface area contributed by atoms with Gasteiger partial charge >= 0.3 is 12.1 Å². The highest BCUT2D eigenvalue weighted by Gasteiger charge is 2.47. The van der Waals surface area contributed by atoms with E-state index in [1.165, 1.54) is 6.92 Å². The number of hydroxylamine groups is 4. The van der Waals surface area contributed by atoms with Gasteiger partial charge in [-0.15, -0.1) is 0 Å². The van der Waals surface area contributed by atoms with Gasteiger partial charge in [-0.3, -0.25) is 4.84 Å². The maximum absolute atomic E-state index is 11.9. The molecule has 0 amide bonds. The Morgan fingerprint density at radius 3 is 2.53 bits per heavy atom. The zero-order chi connectivity index (χ0) is 11.7. The van der Waals surface area contributed by atoms with Crippen LogP contribution < -0.4 is 0 Å². The van der Waals surface area contributed by atoms with Gasteiger partial charge in [0.25, 0.3) is 0 Å². The number of hydrogen-bond donors (Lipinski definition) is 0. The molecule has 0 aromatic heterocycles. The van der Waals surface area contributed by atoms with Crippen molar-refractivity contribution in [3.05, 3.63) is 5.21 Å². The first-order valence-corrected chi connectivity index (χ1v) is 4.65. The average Bonchev–Trinajstić information content (AvgIpc) is 2.09. The van der Waals surface area contributed by atoms with Crippen molar-refractivity contribution in [2.75, 3.05) is 6.54 Å². The van der Waals surface area contributed by atoms with E-state index in [0.29, 0.717) is 12.8 Å². The fraction of sp³-hybridized carbons (Fsp3) is 0.875. The van der Waals surface area contributed by atoms with Crippen LogP contribution in [0.3, 0.4) is 0 Å². The molecule has 15 heavy (non-hydrogen) atoms. The first-order valence-electron chi connectivity index (χ1n) is 4.65. The molecule has 1 heterocycles. The molecule has 1 rings (SSSR count). The number of carbonyl (C=O) groups excluding carboxylic acids is 1. The summed E-state index contributed by atoms with van der Waals surface area (Å²) in [6.07, 6.45) is -3.40. The molecule has 0 N–H and O–H groups in total. The fourth-order valence-corrected chi connectivity index (χ4v) is 1.52. The van der Waals surface area contributed by atoms with Crippen LogP contribution in [-0.2, 0) is 9.63 Å². The number of rotatable bonds is 1. The predicted octanol–water partition coefficient (Wildman–Crippen LogP) is 1.89. The lowest BCUT2D eigenvalue weighted by Gasteiger charge is -2.45. The molecule has 7 heteroatoms. The Morgan fingerprint density at radius 1 is 1.47 bits per heavy atom. The van der Waals surface area contributed by atoms with E-state index in [2.05, 4.69) is 4.84 Å². The molecular formula is C8H12F3NO3. The zero-order valence-electron chi connectivity index (χ0n) is 8.21. The molecule has 88 valence electrons. The number of nitrogens with zero attached hydrogens (tertiary/aromatic N) is 1. The maximum Gasteiger partial charge on any atom is 0.497 e. The molecule has 2 atom stereocenters. The molecule has 0 radical (unpaired) electrons. The minimum Gasteiger partial charge on any atom is -0.589 e. The van der Waals surface area contributed by atoms with Gasteiger partial charge in [0.15, 0.2) is 0 Å². The molecule has 0 aromatic rings. The number of piperidine rings is 1. The van der Waals surface area contributed by atoms with Crippen molar-refractivity contribution in [1.82, 2.24) is 0 Å². The monoisotopic (exact) mass is 227 g/mol. The minimum absolute atomic E-state index is 0.108. The summed E-state index contributed by atoms with van der Waals surface area (Å²) in [5.41, 5.74) is 0. The van der Waals surface area contributed by atoms with Crippen LogP contribution in [0.1, 0.15) is 26.2 Å². The lowest BCUT2D eigenvalue weighted by atomic mass is 10.1. The highest BCUT2D eigenvalue weighted by molar-refractivity contribution is 5.74. The van der Waals surface area contributed by atoms with Gasteiger partial charge in [0.05, 0.1) is 0 Å². The third-order valence-corrected chi connectivity index (χ3v) is 2.48. The minimum atomic E-state index is -5.10. The fourth-order valence-electron chi connectivity index (χ4n) is 1.52. The molecular weight excluding hydrogens is 215 g/mol. The second-order valence-corrected chi connectivity index (χ2v) is 3.67. The third-order valence-electron chi connectivity index (χ3n) is 2.48. The Morgan fingerprint density at radius 2 is 2.07 bits per heavy atom. The summed E-state index contributed by atoms with van der Waals surface area (Å²) >= 11 is 0. The molecule has 0 aromatic carbocycles. The largest absolute Gasteiger partial charge is 0.589 e. The van der Waals surface area contributed by atoms with Crippen LogP contribution in [-0.4, -0.2) is 29.5 Å². The van der Waals surface area contributed by atoms with Crippen molar-refractivity contribution in [2.24, 2.45) is 0 Å². The number of quaternary nitrogens is 1. The zero-order valence-corrected chi connectivity index (χ0v) is 8.21. The van der Waals surface area contributed by atoms with E-state index < -0.39 is 23.0 Å². The van der Waals surface area contributed by atoms with Crippen molar-refractivity contribution in [2.45, 2.75) is 38.4 Å².